The molecule has 7 nitrogen and oxygen atoms in total. The fourth-order valence-corrected chi connectivity index (χ4v) is 4.19. The fourth-order valence-electron chi connectivity index (χ4n) is 2.52. The molecule has 0 spiro atoms. The minimum absolute atomic E-state index is 0.0107. The number of benzene rings is 1. The molecular formula is C14H18N2O5S. The van der Waals surface area contributed by atoms with Crippen LogP contribution >= 0.6 is 0 Å². The van der Waals surface area contributed by atoms with Gasteiger partial charge in [-0.2, -0.15) is 0 Å². The van der Waals surface area contributed by atoms with E-state index in [1.807, 2.05) is 24.3 Å². The molecule has 2 N–H and O–H groups in total. The first-order valence-electron chi connectivity index (χ1n) is 7.15. The van der Waals surface area contributed by atoms with Crippen LogP contribution in [-0.2, 0) is 9.84 Å². The number of amides is 2. The predicted molar refractivity (Wildman–Crippen MR) is 79.9 cm³/mol. The average molecular weight is 326 g/mol. The van der Waals surface area contributed by atoms with Crippen molar-refractivity contribution in [2.24, 2.45) is 0 Å². The summed E-state index contributed by atoms with van der Waals surface area (Å²) in [6, 6.07) is 6.66. The van der Waals surface area contributed by atoms with Crippen molar-refractivity contribution >= 4 is 15.9 Å². The summed E-state index contributed by atoms with van der Waals surface area (Å²) >= 11 is 0. The fraction of sp³-hybridized carbons (Fsp3) is 0.500. The van der Waals surface area contributed by atoms with Gasteiger partial charge in [0.15, 0.2) is 27.4 Å². The molecule has 2 unspecified atom stereocenters. The Hall–Kier alpha value is -1.96. The quantitative estimate of drug-likeness (QED) is 0.834. The van der Waals surface area contributed by atoms with Gasteiger partial charge in [-0.3, -0.25) is 0 Å². The van der Waals surface area contributed by atoms with Crippen LogP contribution in [0.25, 0.3) is 0 Å². The van der Waals surface area contributed by atoms with E-state index in [9.17, 15) is 13.2 Å². The summed E-state index contributed by atoms with van der Waals surface area (Å²) in [5.41, 5.74) is 0. The number of para-hydroxylation sites is 2. The van der Waals surface area contributed by atoms with Gasteiger partial charge in [-0.05, 0) is 18.6 Å². The Labute approximate surface area is 128 Å². The molecule has 22 heavy (non-hydrogen) atoms. The number of rotatable bonds is 3. The van der Waals surface area contributed by atoms with Crippen LogP contribution in [-0.4, -0.2) is 51.3 Å². The molecule has 2 heterocycles. The lowest BCUT2D eigenvalue weighted by atomic mass is 10.2. The highest BCUT2D eigenvalue weighted by Gasteiger charge is 2.29. The number of carbonyl (C=O) groups is 1. The van der Waals surface area contributed by atoms with Gasteiger partial charge in [0, 0.05) is 6.04 Å². The highest BCUT2D eigenvalue weighted by molar-refractivity contribution is 7.91. The molecule has 2 atom stereocenters. The Balaban J connectivity index is 1.44. The third-order valence-corrected chi connectivity index (χ3v) is 5.39. The maximum absolute atomic E-state index is 11.8. The van der Waals surface area contributed by atoms with E-state index >= 15 is 0 Å². The van der Waals surface area contributed by atoms with E-state index in [1.165, 1.54) is 0 Å². The minimum Gasteiger partial charge on any atom is -0.486 e. The Kier molecular flexibility index (Phi) is 4.10. The Bertz CT molecular complexity index is 661. The van der Waals surface area contributed by atoms with Crippen LogP contribution in [0.2, 0.25) is 0 Å². The second-order valence-corrected chi connectivity index (χ2v) is 7.68. The van der Waals surface area contributed by atoms with E-state index in [-0.39, 0.29) is 29.7 Å². The third kappa shape index (κ3) is 3.62. The summed E-state index contributed by atoms with van der Waals surface area (Å²) in [7, 11) is -3.00. The Morgan fingerprint density at radius 3 is 2.77 bits per heavy atom. The van der Waals surface area contributed by atoms with Crippen LogP contribution in [0.3, 0.4) is 0 Å². The molecule has 0 saturated carbocycles. The number of urea groups is 1. The van der Waals surface area contributed by atoms with Crippen molar-refractivity contribution < 1.29 is 22.7 Å². The highest BCUT2D eigenvalue weighted by atomic mass is 32.2. The van der Waals surface area contributed by atoms with Gasteiger partial charge in [0.05, 0.1) is 18.1 Å². The predicted octanol–water partition coefficient (Wildman–Crippen LogP) is 0.313. The topological polar surface area (TPSA) is 93.7 Å². The first-order valence-corrected chi connectivity index (χ1v) is 8.97. The molecule has 0 radical (unpaired) electrons. The van der Waals surface area contributed by atoms with Crippen LogP contribution in [0.1, 0.15) is 6.42 Å². The summed E-state index contributed by atoms with van der Waals surface area (Å²) in [5.74, 6) is 1.49. The van der Waals surface area contributed by atoms with Crippen molar-refractivity contribution in [1.29, 1.82) is 0 Å². The smallest absolute Gasteiger partial charge is 0.315 e. The van der Waals surface area contributed by atoms with Crippen molar-refractivity contribution in [2.75, 3.05) is 24.7 Å². The lowest BCUT2D eigenvalue weighted by Gasteiger charge is -2.26. The number of nitrogens with one attached hydrogen (secondary N) is 2. The first-order chi connectivity index (χ1) is 10.5. The third-order valence-electron chi connectivity index (χ3n) is 3.63. The lowest BCUT2D eigenvalue weighted by molar-refractivity contribution is 0.0917. The van der Waals surface area contributed by atoms with Gasteiger partial charge in [0.2, 0.25) is 0 Å². The van der Waals surface area contributed by atoms with Gasteiger partial charge in [0.25, 0.3) is 0 Å². The van der Waals surface area contributed by atoms with Gasteiger partial charge >= 0.3 is 6.03 Å². The second-order valence-electron chi connectivity index (χ2n) is 5.45. The van der Waals surface area contributed by atoms with Crippen LogP contribution in [0, 0.1) is 0 Å². The second kappa shape index (κ2) is 6.04. The summed E-state index contributed by atoms with van der Waals surface area (Å²) in [6.45, 7) is 0.648. The largest absolute Gasteiger partial charge is 0.486 e. The first kappa shape index (κ1) is 15.0. The maximum Gasteiger partial charge on any atom is 0.315 e. The molecular weight excluding hydrogens is 308 g/mol. The molecule has 2 aliphatic heterocycles. The summed E-state index contributed by atoms with van der Waals surface area (Å²) in [6.07, 6.45) is 0.194. The summed E-state index contributed by atoms with van der Waals surface area (Å²) < 4.78 is 33.9. The molecule has 120 valence electrons. The van der Waals surface area contributed by atoms with E-state index in [4.69, 9.17) is 9.47 Å². The number of sulfone groups is 1. The molecule has 2 aliphatic rings. The zero-order valence-corrected chi connectivity index (χ0v) is 12.8. The lowest BCUT2D eigenvalue weighted by Crippen LogP contribution is -2.47. The van der Waals surface area contributed by atoms with E-state index in [0.717, 1.165) is 0 Å². The zero-order valence-electron chi connectivity index (χ0n) is 11.9. The number of hydrogen-bond donors (Lipinski definition) is 2. The molecule has 1 aromatic rings. The molecule has 8 heteroatoms. The monoisotopic (exact) mass is 326 g/mol. The van der Waals surface area contributed by atoms with Crippen LogP contribution in [0.5, 0.6) is 11.5 Å². The van der Waals surface area contributed by atoms with Gasteiger partial charge < -0.3 is 20.1 Å². The molecule has 1 saturated heterocycles. The molecule has 2 amide bonds. The highest BCUT2D eigenvalue weighted by Crippen LogP contribution is 2.30. The van der Waals surface area contributed by atoms with E-state index in [2.05, 4.69) is 10.6 Å². The molecule has 0 aromatic heterocycles. The molecule has 1 fully saturated rings. The van der Waals surface area contributed by atoms with Gasteiger partial charge in [-0.1, -0.05) is 12.1 Å². The average Bonchev–Trinajstić information content (AvgIpc) is 2.84. The standard InChI is InChI=1S/C14H18N2O5S/c17-14(16-10-5-6-22(18,19)9-10)15-7-11-8-20-12-3-1-2-4-13(12)21-11/h1-4,10-11H,5-9H2,(H2,15,16,17). The summed E-state index contributed by atoms with van der Waals surface area (Å²) in [4.78, 5) is 11.8. The zero-order chi connectivity index (χ0) is 15.6. The summed E-state index contributed by atoms with van der Waals surface area (Å²) in [5, 5.41) is 5.36. The van der Waals surface area contributed by atoms with Crippen molar-refractivity contribution in [2.45, 2.75) is 18.6 Å². The van der Waals surface area contributed by atoms with E-state index < -0.39 is 9.84 Å². The Morgan fingerprint density at radius 2 is 2.05 bits per heavy atom. The van der Waals surface area contributed by atoms with Crippen molar-refractivity contribution in [3.63, 3.8) is 0 Å². The maximum atomic E-state index is 11.8. The van der Waals surface area contributed by atoms with Crippen LogP contribution < -0.4 is 20.1 Å². The Morgan fingerprint density at radius 1 is 1.27 bits per heavy atom. The van der Waals surface area contributed by atoms with E-state index in [0.29, 0.717) is 31.1 Å². The number of fused-ring (bicyclic) bond motifs is 1. The minimum atomic E-state index is -3.00. The van der Waals surface area contributed by atoms with Gasteiger partial charge in [-0.25, -0.2) is 13.2 Å². The molecule has 3 rings (SSSR count). The van der Waals surface area contributed by atoms with Crippen molar-refractivity contribution in [3.05, 3.63) is 24.3 Å². The molecule has 0 bridgehead atoms. The normalized spacial score (nSPS) is 25.5. The van der Waals surface area contributed by atoms with Gasteiger partial charge in [-0.15, -0.1) is 0 Å². The van der Waals surface area contributed by atoms with E-state index in [1.54, 1.807) is 0 Å². The van der Waals surface area contributed by atoms with Crippen LogP contribution in [0.4, 0.5) is 4.79 Å². The molecule has 1 aromatic carbocycles. The van der Waals surface area contributed by atoms with Crippen LogP contribution in [0.15, 0.2) is 24.3 Å². The van der Waals surface area contributed by atoms with Crippen molar-refractivity contribution in [3.8, 4) is 11.5 Å². The SMILES string of the molecule is O=C(NCC1COc2ccccc2O1)NC1CCS(=O)(=O)C1. The van der Waals surface area contributed by atoms with Gasteiger partial charge in [0.1, 0.15) is 6.61 Å². The number of hydrogen-bond acceptors (Lipinski definition) is 5. The number of ether oxygens (including phenoxy) is 2. The molecule has 0 aliphatic carbocycles. The van der Waals surface area contributed by atoms with Crippen molar-refractivity contribution in [1.82, 2.24) is 10.6 Å². The number of carbonyl (C=O) groups excluding carboxylic acids is 1.